The molecule has 0 aliphatic carbocycles. The number of amides is 1. The van der Waals surface area contributed by atoms with E-state index in [0.717, 1.165) is 0 Å². The van der Waals surface area contributed by atoms with E-state index in [1.165, 1.54) is 13.0 Å². The van der Waals surface area contributed by atoms with Gasteiger partial charge in [0.1, 0.15) is 5.82 Å². The van der Waals surface area contributed by atoms with Crippen LogP contribution >= 0.6 is 0 Å². The average Bonchev–Trinajstić information content (AvgIpc) is 3.05. The largest absolute Gasteiger partial charge is 0.382 e. The quantitative estimate of drug-likeness (QED) is 0.878. The summed E-state index contributed by atoms with van der Waals surface area (Å²) >= 11 is 0. The molecule has 2 aromatic carbocycles. The minimum atomic E-state index is -0.813. The highest BCUT2D eigenvalue weighted by Gasteiger charge is 2.30. The Morgan fingerprint density at radius 3 is 2.54 bits per heavy atom. The third-order valence-electron chi connectivity index (χ3n) is 3.71. The number of oxime groups is 1. The number of hydrogen-bond donors (Lipinski definition) is 1. The van der Waals surface area contributed by atoms with Crippen LogP contribution in [0.25, 0.3) is 0 Å². The molecule has 0 saturated carbocycles. The molecule has 1 amide bonds. The summed E-state index contributed by atoms with van der Waals surface area (Å²) in [5, 5.41) is 6.51. The number of nitrogens with zero attached hydrogens (tertiary/aromatic N) is 1. The molecule has 0 unspecified atom stereocenters. The molecule has 1 atom stereocenters. The summed E-state index contributed by atoms with van der Waals surface area (Å²) in [5.74, 6) is -0.823. The van der Waals surface area contributed by atoms with Gasteiger partial charge in [0.15, 0.2) is 5.78 Å². The van der Waals surface area contributed by atoms with E-state index >= 15 is 0 Å². The molecule has 6 heteroatoms. The van der Waals surface area contributed by atoms with Crippen LogP contribution in [0.3, 0.4) is 0 Å². The van der Waals surface area contributed by atoms with Crippen molar-refractivity contribution < 1.29 is 18.8 Å². The van der Waals surface area contributed by atoms with E-state index in [9.17, 15) is 14.0 Å². The van der Waals surface area contributed by atoms with Gasteiger partial charge in [0.2, 0.25) is 6.10 Å². The van der Waals surface area contributed by atoms with Gasteiger partial charge in [0.25, 0.3) is 5.91 Å². The fraction of sp³-hybridized carbons (Fsp3) is 0.167. The zero-order chi connectivity index (χ0) is 17.1. The summed E-state index contributed by atoms with van der Waals surface area (Å²) in [6, 6.07) is 12.8. The number of benzene rings is 2. The lowest BCUT2D eigenvalue weighted by Gasteiger charge is -2.09. The standard InChI is InChI=1S/C18H15FN2O3/c1-11(22)12-6-8-13(9-7-12)20-18(23)17-10-16(21-24-17)14-4-2-3-5-15(14)19/h2-9,17H,10H2,1H3,(H,20,23)/t17-/m1/s1. The van der Waals surface area contributed by atoms with E-state index in [-0.39, 0.29) is 18.1 Å². The Balaban J connectivity index is 1.63. The Morgan fingerprint density at radius 2 is 1.88 bits per heavy atom. The van der Waals surface area contributed by atoms with E-state index in [1.54, 1.807) is 42.5 Å². The number of carbonyl (C=O) groups excluding carboxylic acids is 2. The Hall–Kier alpha value is -3.02. The molecular weight excluding hydrogens is 311 g/mol. The highest BCUT2D eigenvalue weighted by molar-refractivity contribution is 6.06. The number of rotatable bonds is 4. The van der Waals surface area contributed by atoms with Gasteiger partial charge in [-0.3, -0.25) is 9.59 Å². The fourth-order valence-corrected chi connectivity index (χ4v) is 2.38. The Morgan fingerprint density at radius 1 is 1.17 bits per heavy atom. The van der Waals surface area contributed by atoms with Gasteiger partial charge in [0, 0.05) is 23.2 Å². The third kappa shape index (κ3) is 3.32. The summed E-state index contributed by atoms with van der Waals surface area (Å²) in [5.41, 5.74) is 1.85. The van der Waals surface area contributed by atoms with E-state index in [2.05, 4.69) is 10.5 Å². The molecule has 0 fully saturated rings. The number of carbonyl (C=O) groups is 2. The first kappa shape index (κ1) is 15.9. The molecule has 0 saturated heterocycles. The first-order chi connectivity index (χ1) is 11.5. The van der Waals surface area contributed by atoms with Crippen LogP contribution in [0, 0.1) is 5.82 Å². The molecule has 24 heavy (non-hydrogen) atoms. The molecule has 1 N–H and O–H groups in total. The van der Waals surface area contributed by atoms with Gasteiger partial charge in [0.05, 0.1) is 5.71 Å². The molecule has 0 radical (unpaired) electrons. The van der Waals surface area contributed by atoms with Gasteiger partial charge in [-0.25, -0.2) is 4.39 Å². The van der Waals surface area contributed by atoms with Crippen molar-refractivity contribution in [1.29, 1.82) is 0 Å². The fourth-order valence-electron chi connectivity index (χ4n) is 2.38. The molecule has 1 heterocycles. The Bertz CT molecular complexity index is 815. The van der Waals surface area contributed by atoms with Crippen LogP contribution in [-0.2, 0) is 9.63 Å². The monoisotopic (exact) mass is 326 g/mol. The number of nitrogens with one attached hydrogen (secondary N) is 1. The lowest BCUT2D eigenvalue weighted by Crippen LogP contribution is -2.28. The molecule has 1 aliphatic heterocycles. The number of anilines is 1. The molecule has 0 spiro atoms. The zero-order valence-electron chi connectivity index (χ0n) is 13.0. The van der Waals surface area contributed by atoms with Crippen molar-refractivity contribution in [3.05, 3.63) is 65.5 Å². The van der Waals surface area contributed by atoms with Crippen LogP contribution < -0.4 is 5.32 Å². The summed E-state index contributed by atoms with van der Waals surface area (Å²) < 4.78 is 13.8. The van der Waals surface area contributed by atoms with Crippen molar-refractivity contribution >= 4 is 23.1 Å². The van der Waals surface area contributed by atoms with Crippen molar-refractivity contribution in [2.24, 2.45) is 5.16 Å². The van der Waals surface area contributed by atoms with Crippen LogP contribution in [0.2, 0.25) is 0 Å². The highest BCUT2D eigenvalue weighted by Crippen LogP contribution is 2.20. The molecule has 122 valence electrons. The normalized spacial score (nSPS) is 16.2. The minimum Gasteiger partial charge on any atom is -0.382 e. The van der Waals surface area contributed by atoms with E-state index in [4.69, 9.17) is 4.84 Å². The smallest absolute Gasteiger partial charge is 0.268 e. The van der Waals surface area contributed by atoms with Crippen LogP contribution in [0.15, 0.2) is 53.7 Å². The Kier molecular flexibility index (Phi) is 4.37. The average molecular weight is 326 g/mol. The van der Waals surface area contributed by atoms with Gasteiger partial charge >= 0.3 is 0 Å². The van der Waals surface area contributed by atoms with Gasteiger partial charge in [-0.05, 0) is 37.3 Å². The van der Waals surface area contributed by atoms with Crippen LogP contribution in [-0.4, -0.2) is 23.5 Å². The van der Waals surface area contributed by atoms with Crippen LogP contribution in [0.4, 0.5) is 10.1 Å². The molecule has 0 aromatic heterocycles. The number of Topliss-reactive ketones (excluding diaryl/α,β-unsaturated/α-hetero) is 1. The van der Waals surface area contributed by atoms with Gasteiger partial charge in [-0.15, -0.1) is 0 Å². The predicted octanol–water partition coefficient (Wildman–Crippen LogP) is 3.16. The van der Waals surface area contributed by atoms with Gasteiger partial charge < -0.3 is 10.2 Å². The summed E-state index contributed by atoms with van der Waals surface area (Å²) in [6.45, 7) is 1.47. The second kappa shape index (κ2) is 6.62. The second-order valence-corrected chi connectivity index (χ2v) is 5.44. The summed E-state index contributed by atoms with van der Waals surface area (Å²) in [4.78, 5) is 28.6. The number of hydrogen-bond acceptors (Lipinski definition) is 4. The minimum absolute atomic E-state index is 0.0464. The van der Waals surface area contributed by atoms with Crippen molar-refractivity contribution in [2.45, 2.75) is 19.4 Å². The van der Waals surface area contributed by atoms with Crippen molar-refractivity contribution in [1.82, 2.24) is 0 Å². The predicted molar refractivity (Wildman–Crippen MR) is 87.5 cm³/mol. The topological polar surface area (TPSA) is 67.8 Å². The first-order valence-corrected chi connectivity index (χ1v) is 7.44. The second-order valence-electron chi connectivity index (χ2n) is 5.44. The number of ketones is 1. The first-order valence-electron chi connectivity index (χ1n) is 7.44. The third-order valence-corrected chi connectivity index (χ3v) is 3.71. The summed E-state index contributed by atoms with van der Waals surface area (Å²) in [7, 11) is 0. The maximum Gasteiger partial charge on any atom is 0.268 e. The van der Waals surface area contributed by atoms with Crippen LogP contribution in [0.5, 0.6) is 0 Å². The molecule has 2 aromatic rings. The van der Waals surface area contributed by atoms with E-state index in [1.807, 2.05) is 0 Å². The Labute approximate surface area is 138 Å². The highest BCUT2D eigenvalue weighted by atomic mass is 19.1. The van der Waals surface area contributed by atoms with E-state index < -0.39 is 11.9 Å². The van der Waals surface area contributed by atoms with Gasteiger partial charge in [-0.1, -0.05) is 23.4 Å². The van der Waals surface area contributed by atoms with Crippen LogP contribution in [0.1, 0.15) is 29.3 Å². The molecule has 1 aliphatic rings. The van der Waals surface area contributed by atoms with Crippen molar-refractivity contribution in [3.63, 3.8) is 0 Å². The van der Waals surface area contributed by atoms with Gasteiger partial charge in [-0.2, -0.15) is 0 Å². The SMILES string of the molecule is CC(=O)c1ccc(NC(=O)[C@H]2CC(c3ccccc3F)=NO2)cc1. The lowest BCUT2D eigenvalue weighted by molar-refractivity contribution is -0.125. The van der Waals surface area contributed by atoms with E-state index in [0.29, 0.717) is 22.5 Å². The molecule has 0 bridgehead atoms. The van der Waals surface area contributed by atoms with Crippen molar-refractivity contribution in [3.8, 4) is 0 Å². The molecule has 5 nitrogen and oxygen atoms in total. The summed E-state index contributed by atoms with van der Waals surface area (Å²) in [6.07, 6.45) is -0.620. The zero-order valence-corrected chi connectivity index (χ0v) is 13.0. The van der Waals surface area contributed by atoms with Crippen molar-refractivity contribution in [2.75, 3.05) is 5.32 Å². The number of halogens is 1. The molecule has 3 rings (SSSR count). The maximum atomic E-state index is 13.8. The maximum absolute atomic E-state index is 13.8. The molecular formula is C18H15FN2O3. The lowest BCUT2D eigenvalue weighted by atomic mass is 10.0.